The number of benzene rings is 1. The van der Waals surface area contributed by atoms with Gasteiger partial charge in [0, 0.05) is 10.7 Å². The Hall–Kier alpha value is -0.380. The predicted octanol–water partition coefficient (Wildman–Crippen LogP) is 2.15. The first kappa shape index (κ1) is 10.6. The first-order chi connectivity index (χ1) is 5.20. The first-order valence-electron chi connectivity index (χ1n) is 2.94. The Morgan fingerprint density at radius 1 is 1.27 bits per heavy atom. The summed E-state index contributed by atoms with van der Waals surface area (Å²) in [5.41, 5.74) is 6.11. The minimum Gasteiger partial charge on any atom is -0.399 e. The summed E-state index contributed by atoms with van der Waals surface area (Å²) in [5, 5.41) is 5.49. The van der Waals surface area contributed by atoms with Crippen LogP contribution in [-0.4, -0.2) is 6.26 Å². The number of nitrogens with two attached hydrogens (primary N) is 2. The summed E-state index contributed by atoms with van der Waals surface area (Å²) in [6.45, 7) is 0. The summed E-state index contributed by atoms with van der Waals surface area (Å²) in [6.07, 6.45) is 1.82. The average Bonchev–Trinajstić information content (AvgIpc) is 1.97. The lowest BCUT2D eigenvalue weighted by molar-refractivity contribution is 1.69. The molecule has 4 N–H and O–H groups in total. The molecule has 0 atom stereocenters. The van der Waals surface area contributed by atoms with Crippen molar-refractivity contribution in [1.29, 1.82) is 0 Å². The highest BCUT2D eigenvalue weighted by atomic mass is 35.5. The molecule has 0 bridgehead atoms. The maximum absolute atomic E-state index is 5.56. The van der Waals surface area contributed by atoms with Crippen LogP contribution in [0.2, 0.25) is 5.02 Å². The van der Waals surface area contributed by atoms with Crippen LogP contribution in [0.25, 0.3) is 0 Å². The Balaban J connectivity index is 0.000000292. The number of anilines is 1. The average molecular weight is 191 g/mol. The second kappa shape index (κ2) is 6.34. The molecule has 0 radical (unpaired) electrons. The Morgan fingerprint density at radius 3 is 1.91 bits per heavy atom. The molecule has 62 valence electrons. The van der Waals surface area contributed by atoms with Crippen molar-refractivity contribution >= 4 is 29.2 Å². The van der Waals surface area contributed by atoms with Crippen LogP contribution in [0.15, 0.2) is 24.3 Å². The van der Waals surface area contributed by atoms with Crippen molar-refractivity contribution in [2.75, 3.05) is 12.0 Å². The van der Waals surface area contributed by atoms with Crippen molar-refractivity contribution in [3.05, 3.63) is 29.3 Å². The molecule has 0 saturated heterocycles. The van der Waals surface area contributed by atoms with Gasteiger partial charge >= 0.3 is 0 Å². The van der Waals surface area contributed by atoms with Gasteiger partial charge in [-0.05, 0) is 30.5 Å². The van der Waals surface area contributed by atoms with Crippen molar-refractivity contribution in [1.82, 2.24) is 0 Å². The van der Waals surface area contributed by atoms with Gasteiger partial charge in [-0.15, -0.1) is 0 Å². The molecule has 0 saturated carbocycles. The standard InChI is InChI=1S/C6H6ClN.CH5NS/c7-5-1-3-6(8)4-2-5;1-3-2/h1-4H,8H2;2H2,1H3. The van der Waals surface area contributed by atoms with Crippen LogP contribution in [0.1, 0.15) is 0 Å². The van der Waals surface area contributed by atoms with E-state index in [1.165, 1.54) is 11.9 Å². The van der Waals surface area contributed by atoms with E-state index >= 15 is 0 Å². The molecular formula is C7H11ClN2S. The molecule has 0 aliphatic rings. The molecule has 1 rings (SSSR count). The summed E-state index contributed by atoms with van der Waals surface area (Å²) < 4.78 is 0. The molecule has 0 fully saturated rings. The molecule has 2 nitrogen and oxygen atoms in total. The van der Waals surface area contributed by atoms with E-state index in [9.17, 15) is 0 Å². The molecule has 0 aliphatic heterocycles. The lowest BCUT2D eigenvalue weighted by Crippen LogP contribution is -1.80. The summed E-state index contributed by atoms with van der Waals surface area (Å²) >= 11 is 6.81. The van der Waals surface area contributed by atoms with Gasteiger partial charge in [0.05, 0.1) is 0 Å². The molecule has 0 heterocycles. The van der Waals surface area contributed by atoms with Gasteiger partial charge in [-0.3, -0.25) is 5.14 Å². The highest BCUT2D eigenvalue weighted by Crippen LogP contribution is 2.09. The maximum Gasteiger partial charge on any atom is 0.0407 e. The zero-order valence-electron chi connectivity index (χ0n) is 6.25. The van der Waals surface area contributed by atoms with Crippen molar-refractivity contribution in [2.24, 2.45) is 5.14 Å². The van der Waals surface area contributed by atoms with Gasteiger partial charge < -0.3 is 5.73 Å². The predicted molar refractivity (Wildman–Crippen MR) is 53.6 cm³/mol. The topological polar surface area (TPSA) is 52.0 Å². The highest BCUT2D eigenvalue weighted by molar-refractivity contribution is 7.96. The minimum atomic E-state index is 0.721. The third-order valence-electron chi connectivity index (χ3n) is 0.870. The Labute approximate surface area is 76.0 Å². The monoisotopic (exact) mass is 190 g/mol. The summed E-state index contributed by atoms with van der Waals surface area (Å²) in [7, 11) is 0. The lowest BCUT2D eigenvalue weighted by atomic mass is 10.3. The smallest absolute Gasteiger partial charge is 0.0407 e. The normalized spacial score (nSPS) is 8.27. The molecule has 1 aromatic carbocycles. The second-order valence-corrected chi connectivity index (χ2v) is 2.70. The number of hydrogen-bond acceptors (Lipinski definition) is 3. The van der Waals surface area contributed by atoms with Gasteiger partial charge in [0.2, 0.25) is 0 Å². The SMILES string of the molecule is CSN.Nc1ccc(Cl)cc1. The molecule has 0 spiro atoms. The van der Waals surface area contributed by atoms with Crippen molar-refractivity contribution in [2.45, 2.75) is 0 Å². The van der Waals surface area contributed by atoms with E-state index in [1.807, 2.05) is 6.26 Å². The van der Waals surface area contributed by atoms with Crippen LogP contribution in [0.3, 0.4) is 0 Å². The highest BCUT2D eigenvalue weighted by Gasteiger charge is 1.82. The number of hydrogen-bond donors (Lipinski definition) is 2. The lowest BCUT2D eigenvalue weighted by Gasteiger charge is -1.88. The van der Waals surface area contributed by atoms with E-state index in [0.29, 0.717) is 0 Å². The molecular weight excluding hydrogens is 180 g/mol. The van der Waals surface area contributed by atoms with Crippen molar-refractivity contribution < 1.29 is 0 Å². The number of rotatable bonds is 0. The Morgan fingerprint density at radius 2 is 1.64 bits per heavy atom. The van der Waals surface area contributed by atoms with Crippen LogP contribution in [-0.2, 0) is 0 Å². The minimum absolute atomic E-state index is 0.721. The van der Waals surface area contributed by atoms with E-state index in [2.05, 4.69) is 0 Å². The number of halogens is 1. The fourth-order valence-electron chi connectivity index (χ4n) is 0.463. The zero-order chi connectivity index (χ0) is 8.69. The van der Waals surface area contributed by atoms with Gasteiger partial charge in [0.15, 0.2) is 0 Å². The van der Waals surface area contributed by atoms with Crippen LogP contribution in [0, 0.1) is 0 Å². The summed E-state index contributed by atoms with van der Waals surface area (Å²) in [5.74, 6) is 0. The van der Waals surface area contributed by atoms with E-state index in [-0.39, 0.29) is 0 Å². The van der Waals surface area contributed by atoms with Crippen LogP contribution in [0.4, 0.5) is 5.69 Å². The van der Waals surface area contributed by atoms with E-state index in [0.717, 1.165) is 10.7 Å². The molecule has 11 heavy (non-hydrogen) atoms. The zero-order valence-corrected chi connectivity index (χ0v) is 7.82. The maximum atomic E-state index is 5.56. The van der Waals surface area contributed by atoms with Gasteiger partial charge in [-0.1, -0.05) is 23.5 Å². The van der Waals surface area contributed by atoms with E-state index < -0.39 is 0 Å². The number of nitrogen functional groups attached to an aromatic ring is 1. The van der Waals surface area contributed by atoms with Gasteiger partial charge in [-0.2, -0.15) is 0 Å². The van der Waals surface area contributed by atoms with E-state index in [1.54, 1.807) is 24.3 Å². The largest absolute Gasteiger partial charge is 0.399 e. The fraction of sp³-hybridized carbons (Fsp3) is 0.143. The van der Waals surface area contributed by atoms with Crippen LogP contribution < -0.4 is 10.9 Å². The molecule has 1 aromatic rings. The molecule has 0 amide bonds. The second-order valence-electron chi connectivity index (χ2n) is 1.79. The third-order valence-corrected chi connectivity index (χ3v) is 1.12. The van der Waals surface area contributed by atoms with Gasteiger partial charge in [-0.25, -0.2) is 0 Å². The molecule has 4 heteroatoms. The van der Waals surface area contributed by atoms with Gasteiger partial charge in [0.1, 0.15) is 0 Å². The third kappa shape index (κ3) is 6.04. The van der Waals surface area contributed by atoms with Crippen LogP contribution in [0.5, 0.6) is 0 Å². The summed E-state index contributed by atoms with van der Waals surface area (Å²) in [4.78, 5) is 0. The van der Waals surface area contributed by atoms with E-state index in [4.69, 9.17) is 22.5 Å². The fourth-order valence-corrected chi connectivity index (χ4v) is 0.589. The van der Waals surface area contributed by atoms with Crippen molar-refractivity contribution in [3.8, 4) is 0 Å². The van der Waals surface area contributed by atoms with Gasteiger partial charge in [0.25, 0.3) is 0 Å². The van der Waals surface area contributed by atoms with Crippen LogP contribution >= 0.6 is 23.5 Å². The first-order valence-corrected chi connectivity index (χ1v) is 4.61. The Bertz CT molecular complexity index is 167. The quantitative estimate of drug-likeness (QED) is 0.487. The Kier molecular flexibility index (Phi) is 6.12. The molecule has 0 aromatic heterocycles. The van der Waals surface area contributed by atoms with Crippen molar-refractivity contribution in [3.63, 3.8) is 0 Å². The summed E-state index contributed by atoms with van der Waals surface area (Å²) in [6, 6.07) is 7.05. The molecule has 0 unspecified atom stereocenters. The molecule has 0 aliphatic carbocycles.